The highest BCUT2D eigenvalue weighted by Crippen LogP contribution is 2.37. The van der Waals surface area contributed by atoms with Gasteiger partial charge < -0.3 is 10.5 Å². The summed E-state index contributed by atoms with van der Waals surface area (Å²) in [5.41, 5.74) is 9.09. The molecule has 27 heavy (non-hydrogen) atoms. The molecule has 2 aromatic carbocycles. The van der Waals surface area contributed by atoms with Gasteiger partial charge >= 0.3 is 11.7 Å². The first-order chi connectivity index (χ1) is 13.0. The van der Waals surface area contributed by atoms with Gasteiger partial charge in [-0.3, -0.25) is 13.9 Å². The predicted octanol–water partition coefficient (Wildman–Crippen LogP) is 2.82. The van der Waals surface area contributed by atoms with E-state index < -0.39 is 12.0 Å². The standard InChI is InChI=1S/C20H20ClN3O3/c1-27-19(25)16(22)10-12-2-5-14(6-3-12)24-18-11-13(21)4-9-17(18)23(20(24)26)15-7-8-15/h2-6,9,11,15-16H,7-8,10,22H2,1H3. The van der Waals surface area contributed by atoms with E-state index in [-0.39, 0.29) is 11.7 Å². The summed E-state index contributed by atoms with van der Waals surface area (Å²) < 4.78 is 8.20. The minimum Gasteiger partial charge on any atom is -0.468 e. The lowest BCUT2D eigenvalue weighted by molar-refractivity contribution is -0.142. The molecule has 0 bridgehead atoms. The topological polar surface area (TPSA) is 79.2 Å². The fraction of sp³-hybridized carbons (Fsp3) is 0.300. The smallest absolute Gasteiger partial charge is 0.333 e. The summed E-state index contributed by atoms with van der Waals surface area (Å²) in [4.78, 5) is 24.6. The van der Waals surface area contributed by atoms with E-state index in [1.807, 2.05) is 47.0 Å². The van der Waals surface area contributed by atoms with Gasteiger partial charge in [-0.1, -0.05) is 23.7 Å². The van der Waals surface area contributed by atoms with Gasteiger partial charge in [0.2, 0.25) is 0 Å². The van der Waals surface area contributed by atoms with Gasteiger partial charge in [0.05, 0.1) is 23.8 Å². The van der Waals surface area contributed by atoms with Crippen molar-refractivity contribution in [3.8, 4) is 5.69 Å². The molecule has 0 amide bonds. The van der Waals surface area contributed by atoms with Gasteiger partial charge in [0, 0.05) is 11.1 Å². The monoisotopic (exact) mass is 385 g/mol. The lowest BCUT2D eigenvalue weighted by atomic mass is 10.1. The largest absolute Gasteiger partial charge is 0.468 e. The molecule has 1 heterocycles. The van der Waals surface area contributed by atoms with Crippen molar-refractivity contribution >= 4 is 28.6 Å². The number of fused-ring (bicyclic) bond motifs is 1. The minimum atomic E-state index is -0.709. The second-order valence-electron chi connectivity index (χ2n) is 6.85. The summed E-state index contributed by atoms with van der Waals surface area (Å²) >= 11 is 6.18. The Kier molecular flexibility index (Phi) is 4.53. The number of carbonyl (C=O) groups is 1. The molecule has 0 radical (unpaired) electrons. The highest BCUT2D eigenvalue weighted by Gasteiger charge is 2.29. The van der Waals surface area contributed by atoms with Crippen LogP contribution in [0.1, 0.15) is 24.4 Å². The molecule has 0 aliphatic heterocycles. The van der Waals surface area contributed by atoms with Crippen LogP contribution in [0.3, 0.4) is 0 Å². The highest BCUT2D eigenvalue weighted by molar-refractivity contribution is 6.31. The van der Waals surface area contributed by atoms with Crippen molar-refractivity contribution < 1.29 is 9.53 Å². The second kappa shape index (κ2) is 6.87. The number of benzene rings is 2. The van der Waals surface area contributed by atoms with E-state index in [0.29, 0.717) is 11.4 Å². The fourth-order valence-corrected chi connectivity index (χ4v) is 3.56. The van der Waals surface area contributed by atoms with E-state index in [9.17, 15) is 9.59 Å². The number of ether oxygens (including phenoxy) is 1. The number of imidazole rings is 1. The zero-order valence-electron chi connectivity index (χ0n) is 14.9. The van der Waals surface area contributed by atoms with Crippen LogP contribution in [-0.2, 0) is 16.0 Å². The molecule has 1 unspecified atom stereocenters. The number of esters is 1. The van der Waals surface area contributed by atoms with Crippen molar-refractivity contribution in [2.24, 2.45) is 5.73 Å². The Hall–Kier alpha value is -2.57. The van der Waals surface area contributed by atoms with Crippen LogP contribution in [0, 0.1) is 0 Å². The van der Waals surface area contributed by atoms with Gasteiger partial charge in [-0.05, 0) is 55.2 Å². The van der Waals surface area contributed by atoms with Crippen molar-refractivity contribution in [3.63, 3.8) is 0 Å². The maximum Gasteiger partial charge on any atom is 0.333 e. The van der Waals surface area contributed by atoms with Gasteiger partial charge in [0.1, 0.15) is 6.04 Å². The van der Waals surface area contributed by atoms with E-state index in [0.717, 1.165) is 35.1 Å². The number of nitrogens with zero attached hydrogens (tertiary/aromatic N) is 2. The summed E-state index contributed by atoms with van der Waals surface area (Å²) in [6.45, 7) is 0. The molecule has 0 spiro atoms. The van der Waals surface area contributed by atoms with Crippen LogP contribution in [0.5, 0.6) is 0 Å². The Morgan fingerprint density at radius 3 is 2.56 bits per heavy atom. The number of carbonyl (C=O) groups excluding carboxylic acids is 1. The van der Waals surface area contributed by atoms with E-state index in [1.54, 1.807) is 4.57 Å². The second-order valence-corrected chi connectivity index (χ2v) is 7.29. The predicted molar refractivity (Wildman–Crippen MR) is 105 cm³/mol. The maximum absolute atomic E-state index is 13.1. The first-order valence-electron chi connectivity index (χ1n) is 8.85. The zero-order valence-corrected chi connectivity index (χ0v) is 15.6. The molecular weight excluding hydrogens is 366 g/mol. The third-order valence-corrected chi connectivity index (χ3v) is 5.14. The van der Waals surface area contributed by atoms with Crippen LogP contribution in [0.25, 0.3) is 16.7 Å². The lowest BCUT2D eigenvalue weighted by Gasteiger charge is -2.10. The number of aromatic nitrogens is 2. The molecule has 6 nitrogen and oxygen atoms in total. The van der Waals surface area contributed by atoms with Gasteiger partial charge in [0.15, 0.2) is 0 Å². The van der Waals surface area contributed by atoms with Crippen LogP contribution in [0.2, 0.25) is 5.02 Å². The first-order valence-corrected chi connectivity index (χ1v) is 9.22. The van der Waals surface area contributed by atoms with E-state index in [1.165, 1.54) is 7.11 Å². The molecule has 1 aliphatic rings. The Morgan fingerprint density at radius 1 is 1.22 bits per heavy atom. The van der Waals surface area contributed by atoms with Crippen molar-refractivity contribution in [3.05, 3.63) is 63.5 Å². The van der Waals surface area contributed by atoms with Crippen LogP contribution < -0.4 is 11.4 Å². The third kappa shape index (κ3) is 3.26. The summed E-state index contributed by atoms with van der Waals surface area (Å²) in [6, 6.07) is 12.5. The van der Waals surface area contributed by atoms with E-state index in [4.69, 9.17) is 17.3 Å². The zero-order chi connectivity index (χ0) is 19.1. The van der Waals surface area contributed by atoms with E-state index >= 15 is 0 Å². The molecule has 1 aromatic heterocycles. The normalized spacial score (nSPS) is 15.1. The van der Waals surface area contributed by atoms with Crippen molar-refractivity contribution in [1.82, 2.24) is 9.13 Å². The molecule has 1 fully saturated rings. The average Bonchev–Trinajstić information content (AvgIpc) is 3.45. The minimum absolute atomic E-state index is 0.0613. The van der Waals surface area contributed by atoms with Gasteiger partial charge in [-0.2, -0.15) is 0 Å². The Balaban J connectivity index is 1.74. The molecule has 1 saturated carbocycles. The highest BCUT2D eigenvalue weighted by atomic mass is 35.5. The molecule has 140 valence electrons. The summed E-state index contributed by atoms with van der Waals surface area (Å²) in [5.74, 6) is -0.447. The molecule has 7 heteroatoms. The summed E-state index contributed by atoms with van der Waals surface area (Å²) in [7, 11) is 1.32. The summed E-state index contributed by atoms with van der Waals surface area (Å²) in [6.07, 6.45) is 2.41. The fourth-order valence-electron chi connectivity index (χ4n) is 3.40. The van der Waals surface area contributed by atoms with Crippen molar-refractivity contribution in [2.45, 2.75) is 31.3 Å². The maximum atomic E-state index is 13.1. The van der Waals surface area contributed by atoms with Crippen LogP contribution in [-0.4, -0.2) is 28.3 Å². The number of rotatable bonds is 5. The van der Waals surface area contributed by atoms with Crippen LogP contribution >= 0.6 is 11.6 Å². The average molecular weight is 386 g/mol. The number of hydrogen-bond donors (Lipinski definition) is 1. The summed E-state index contributed by atoms with van der Waals surface area (Å²) in [5, 5.41) is 0.588. The Morgan fingerprint density at radius 2 is 1.93 bits per heavy atom. The molecular formula is C20H20ClN3O3. The molecule has 1 aliphatic carbocycles. The van der Waals surface area contributed by atoms with Crippen molar-refractivity contribution in [2.75, 3.05) is 7.11 Å². The SMILES string of the molecule is COC(=O)C(N)Cc1ccc(-n2c(=O)n(C3CC3)c3ccc(Cl)cc32)cc1. The quantitative estimate of drug-likeness (QED) is 0.685. The number of nitrogens with two attached hydrogens (primary N) is 1. The number of methoxy groups -OCH3 is 1. The molecule has 1 atom stereocenters. The number of halogens is 1. The molecule has 4 rings (SSSR count). The molecule has 2 N–H and O–H groups in total. The van der Waals surface area contributed by atoms with Crippen LogP contribution in [0.4, 0.5) is 0 Å². The van der Waals surface area contributed by atoms with Gasteiger partial charge in [-0.25, -0.2) is 4.79 Å². The molecule has 0 saturated heterocycles. The first kappa shape index (κ1) is 17.8. The van der Waals surface area contributed by atoms with Gasteiger partial charge in [0.25, 0.3) is 0 Å². The number of hydrogen-bond acceptors (Lipinski definition) is 4. The Bertz CT molecular complexity index is 1060. The Labute approximate surface area is 161 Å². The molecule has 3 aromatic rings. The van der Waals surface area contributed by atoms with Crippen molar-refractivity contribution in [1.29, 1.82) is 0 Å². The lowest BCUT2D eigenvalue weighted by Crippen LogP contribution is -2.33. The van der Waals surface area contributed by atoms with Crippen LogP contribution in [0.15, 0.2) is 47.3 Å². The third-order valence-electron chi connectivity index (χ3n) is 4.90. The van der Waals surface area contributed by atoms with Gasteiger partial charge in [-0.15, -0.1) is 0 Å². The van der Waals surface area contributed by atoms with E-state index in [2.05, 4.69) is 4.74 Å².